The van der Waals surface area contributed by atoms with Crippen LogP contribution in [0.4, 0.5) is 5.69 Å². The van der Waals surface area contributed by atoms with Crippen molar-refractivity contribution in [2.75, 3.05) is 19.4 Å². The molecular formula is C15H24N2O2. The Balaban J connectivity index is 2.66. The van der Waals surface area contributed by atoms with E-state index in [2.05, 4.69) is 19.2 Å². The van der Waals surface area contributed by atoms with E-state index in [1.807, 2.05) is 19.1 Å². The number of carbonyl (C=O) groups excluding carboxylic acids is 1. The van der Waals surface area contributed by atoms with Gasteiger partial charge in [0.25, 0.3) is 0 Å². The molecule has 19 heavy (non-hydrogen) atoms. The molecule has 1 rings (SSSR count). The normalized spacial score (nSPS) is 10.6. The first-order valence-electron chi connectivity index (χ1n) is 6.69. The lowest BCUT2D eigenvalue weighted by molar-refractivity contribution is -0.120. The van der Waals surface area contributed by atoms with Gasteiger partial charge in [-0.1, -0.05) is 13.8 Å². The van der Waals surface area contributed by atoms with Crippen LogP contribution in [0.5, 0.6) is 5.75 Å². The van der Waals surface area contributed by atoms with Crippen molar-refractivity contribution in [2.24, 2.45) is 0 Å². The number of aryl methyl sites for hydroxylation is 1. The Morgan fingerprint density at radius 3 is 2.68 bits per heavy atom. The summed E-state index contributed by atoms with van der Waals surface area (Å²) in [6.07, 6.45) is 1.20. The third kappa shape index (κ3) is 4.47. The van der Waals surface area contributed by atoms with Crippen molar-refractivity contribution in [1.82, 2.24) is 5.32 Å². The lowest BCUT2D eigenvalue weighted by Gasteiger charge is -2.16. The molecule has 0 bridgehead atoms. The fourth-order valence-electron chi connectivity index (χ4n) is 1.83. The van der Waals surface area contributed by atoms with E-state index in [1.165, 1.54) is 0 Å². The standard InChI is InChI=1S/C15H24N2O2/c1-10(2)12-9-13(16)11(3)8-14(12)19-7-5-6-15(18)17-4/h8-10H,5-7,16H2,1-4H3,(H,17,18). The first-order valence-corrected chi connectivity index (χ1v) is 6.69. The molecule has 106 valence electrons. The average molecular weight is 264 g/mol. The predicted octanol–water partition coefficient (Wildman–Crippen LogP) is 2.61. The molecule has 0 spiro atoms. The van der Waals surface area contributed by atoms with E-state index in [-0.39, 0.29) is 5.91 Å². The van der Waals surface area contributed by atoms with Gasteiger partial charge in [0.1, 0.15) is 5.75 Å². The zero-order valence-electron chi connectivity index (χ0n) is 12.2. The van der Waals surface area contributed by atoms with Crippen molar-refractivity contribution >= 4 is 11.6 Å². The third-order valence-corrected chi connectivity index (χ3v) is 3.11. The second-order valence-electron chi connectivity index (χ2n) is 5.03. The molecule has 0 aliphatic rings. The summed E-state index contributed by atoms with van der Waals surface area (Å²) in [7, 11) is 1.64. The van der Waals surface area contributed by atoms with Gasteiger partial charge in [0.2, 0.25) is 5.91 Å². The van der Waals surface area contributed by atoms with Gasteiger partial charge in [-0.05, 0) is 42.5 Å². The Morgan fingerprint density at radius 1 is 1.42 bits per heavy atom. The quantitative estimate of drug-likeness (QED) is 0.613. The SMILES string of the molecule is CNC(=O)CCCOc1cc(C)c(N)cc1C(C)C. The summed E-state index contributed by atoms with van der Waals surface area (Å²) in [5.74, 6) is 1.27. The number of benzene rings is 1. The van der Waals surface area contributed by atoms with Gasteiger partial charge in [-0.25, -0.2) is 0 Å². The zero-order chi connectivity index (χ0) is 14.4. The van der Waals surface area contributed by atoms with Crippen LogP contribution in [-0.4, -0.2) is 19.6 Å². The number of rotatable bonds is 6. The highest BCUT2D eigenvalue weighted by atomic mass is 16.5. The van der Waals surface area contributed by atoms with E-state index in [9.17, 15) is 4.79 Å². The van der Waals surface area contributed by atoms with Gasteiger partial charge < -0.3 is 15.8 Å². The van der Waals surface area contributed by atoms with E-state index in [1.54, 1.807) is 7.05 Å². The Bertz CT molecular complexity index is 442. The Morgan fingerprint density at radius 2 is 2.11 bits per heavy atom. The molecule has 0 saturated carbocycles. The van der Waals surface area contributed by atoms with Crippen molar-refractivity contribution in [3.8, 4) is 5.75 Å². The van der Waals surface area contributed by atoms with E-state index in [4.69, 9.17) is 10.5 Å². The van der Waals surface area contributed by atoms with Crippen LogP contribution in [0.1, 0.15) is 43.7 Å². The smallest absolute Gasteiger partial charge is 0.219 e. The number of anilines is 1. The van der Waals surface area contributed by atoms with E-state index in [0.717, 1.165) is 22.6 Å². The van der Waals surface area contributed by atoms with E-state index < -0.39 is 0 Å². The number of nitrogen functional groups attached to an aromatic ring is 1. The lowest BCUT2D eigenvalue weighted by atomic mass is 9.99. The maximum atomic E-state index is 11.1. The number of amides is 1. The maximum absolute atomic E-state index is 11.1. The second-order valence-corrected chi connectivity index (χ2v) is 5.03. The van der Waals surface area contributed by atoms with Crippen molar-refractivity contribution in [2.45, 2.75) is 39.5 Å². The number of nitrogens with two attached hydrogens (primary N) is 1. The molecular weight excluding hydrogens is 240 g/mol. The van der Waals surface area contributed by atoms with Crippen LogP contribution >= 0.6 is 0 Å². The summed E-state index contributed by atoms with van der Waals surface area (Å²) < 4.78 is 5.79. The first kappa shape index (κ1) is 15.3. The molecule has 0 radical (unpaired) electrons. The van der Waals surface area contributed by atoms with E-state index >= 15 is 0 Å². The van der Waals surface area contributed by atoms with Gasteiger partial charge >= 0.3 is 0 Å². The predicted molar refractivity (Wildman–Crippen MR) is 78.5 cm³/mol. The molecule has 0 unspecified atom stereocenters. The fraction of sp³-hybridized carbons (Fsp3) is 0.533. The van der Waals surface area contributed by atoms with Crippen LogP contribution in [0.2, 0.25) is 0 Å². The highest BCUT2D eigenvalue weighted by Gasteiger charge is 2.10. The zero-order valence-corrected chi connectivity index (χ0v) is 12.2. The van der Waals surface area contributed by atoms with E-state index in [0.29, 0.717) is 25.4 Å². The summed E-state index contributed by atoms with van der Waals surface area (Å²) in [5.41, 5.74) is 8.86. The molecule has 0 saturated heterocycles. The Kier molecular flexibility index (Phi) is 5.67. The molecule has 0 atom stereocenters. The van der Waals surface area contributed by atoms with Gasteiger partial charge in [-0.3, -0.25) is 4.79 Å². The molecule has 0 fully saturated rings. The third-order valence-electron chi connectivity index (χ3n) is 3.11. The number of hydrogen-bond donors (Lipinski definition) is 2. The van der Waals surface area contributed by atoms with Crippen LogP contribution in [0.15, 0.2) is 12.1 Å². The summed E-state index contributed by atoms with van der Waals surface area (Å²) in [4.78, 5) is 11.1. The topological polar surface area (TPSA) is 64.3 Å². The second kappa shape index (κ2) is 7.02. The van der Waals surface area contributed by atoms with Crippen LogP contribution in [0, 0.1) is 6.92 Å². The molecule has 0 aliphatic carbocycles. The van der Waals surface area contributed by atoms with Crippen molar-refractivity contribution in [3.05, 3.63) is 23.3 Å². The minimum atomic E-state index is 0.0427. The van der Waals surface area contributed by atoms with Crippen molar-refractivity contribution in [3.63, 3.8) is 0 Å². The number of hydrogen-bond acceptors (Lipinski definition) is 3. The monoisotopic (exact) mass is 264 g/mol. The summed E-state index contributed by atoms with van der Waals surface area (Å²) in [6, 6.07) is 3.96. The van der Waals surface area contributed by atoms with Crippen LogP contribution in [0.3, 0.4) is 0 Å². The molecule has 1 aromatic carbocycles. The minimum absolute atomic E-state index is 0.0427. The molecule has 0 aromatic heterocycles. The van der Waals surface area contributed by atoms with Crippen LogP contribution in [-0.2, 0) is 4.79 Å². The van der Waals surface area contributed by atoms with Crippen LogP contribution in [0.25, 0.3) is 0 Å². The fourth-order valence-corrected chi connectivity index (χ4v) is 1.83. The average Bonchev–Trinajstić information content (AvgIpc) is 2.37. The summed E-state index contributed by atoms with van der Waals surface area (Å²) >= 11 is 0. The molecule has 4 heteroatoms. The lowest BCUT2D eigenvalue weighted by Crippen LogP contribution is -2.18. The molecule has 1 amide bonds. The molecule has 0 aliphatic heterocycles. The van der Waals surface area contributed by atoms with Gasteiger partial charge in [-0.2, -0.15) is 0 Å². The van der Waals surface area contributed by atoms with Crippen molar-refractivity contribution < 1.29 is 9.53 Å². The van der Waals surface area contributed by atoms with Gasteiger partial charge in [0.15, 0.2) is 0 Å². The van der Waals surface area contributed by atoms with Gasteiger partial charge in [0.05, 0.1) is 6.61 Å². The highest BCUT2D eigenvalue weighted by molar-refractivity contribution is 5.75. The molecule has 4 nitrogen and oxygen atoms in total. The molecule has 1 aromatic rings. The maximum Gasteiger partial charge on any atom is 0.219 e. The Labute approximate surface area is 115 Å². The highest BCUT2D eigenvalue weighted by Crippen LogP contribution is 2.31. The largest absolute Gasteiger partial charge is 0.493 e. The number of ether oxygens (including phenoxy) is 1. The molecule has 3 N–H and O–H groups in total. The summed E-state index contributed by atoms with van der Waals surface area (Å²) in [6.45, 7) is 6.73. The van der Waals surface area contributed by atoms with Crippen LogP contribution < -0.4 is 15.8 Å². The number of nitrogens with one attached hydrogen (secondary N) is 1. The first-order chi connectivity index (χ1) is 8.95. The number of carbonyl (C=O) groups is 1. The van der Waals surface area contributed by atoms with Gasteiger partial charge in [0, 0.05) is 19.2 Å². The van der Waals surface area contributed by atoms with Gasteiger partial charge in [-0.15, -0.1) is 0 Å². The Hall–Kier alpha value is -1.71. The van der Waals surface area contributed by atoms with Crippen molar-refractivity contribution in [1.29, 1.82) is 0 Å². The minimum Gasteiger partial charge on any atom is -0.493 e. The summed E-state index contributed by atoms with van der Waals surface area (Å²) in [5, 5.41) is 2.60. The molecule has 0 heterocycles.